The fourth-order valence-electron chi connectivity index (χ4n) is 2.51. The minimum absolute atomic E-state index is 0.500. The topological polar surface area (TPSA) is 58.6 Å². The maximum absolute atomic E-state index is 11.5. The Morgan fingerprint density at radius 2 is 2.33 bits per heavy atom. The van der Waals surface area contributed by atoms with Gasteiger partial charge in [-0.15, -0.1) is 0 Å². The van der Waals surface area contributed by atoms with E-state index in [1.807, 2.05) is 24.3 Å². The van der Waals surface area contributed by atoms with Crippen LogP contribution < -0.4 is 10.1 Å². The summed E-state index contributed by atoms with van der Waals surface area (Å²) in [7, 11) is 1.62. The van der Waals surface area contributed by atoms with E-state index in [0.717, 1.165) is 30.7 Å². The molecule has 1 aliphatic rings. The number of aliphatic carboxylic acids is 1. The number of piperidine rings is 1. The highest BCUT2D eigenvalue weighted by Crippen LogP contribution is 2.25. The van der Waals surface area contributed by atoms with Crippen LogP contribution in [0.5, 0.6) is 5.75 Å². The highest BCUT2D eigenvalue weighted by Gasteiger charge is 2.39. The first-order valence-electron chi connectivity index (χ1n) is 6.28. The molecule has 98 valence electrons. The Morgan fingerprint density at radius 1 is 1.50 bits per heavy atom. The third-order valence-corrected chi connectivity index (χ3v) is 3.54. The molecule has 4 heteroatoms. The second-order valence-corrected chi connectivity index (χ2v) is 4.80. The summed E-state index contributed by atoms with van der Waals surface area (Å²) in [4.78, 5) is 11.5. The largest absolute Gasteiger partial charge is 0.497 e. The molecular weight excluding hydrogens is 230 g/mol. The maximum Gasteiger partial charge on any atom is 0.324 e. The quantitative estimate of drug-likeness (QED) is 0.854. The van der Waals surface area contributed by atoms with Gasteiger partial charge in [-0.05, 0) is 43.5 Å². The molecule has 2 rings (SSSR count). The smallest absolute Gasteiger partial charge is 0.324 e. The van der Waals surface area contributed by atoms with Crippen LogP contribution in [0.2, 0.25) is 0 Å². The van der Waals surface area contributed by atoms with Gasteiger partial charge in [-0.2, -0.15) is 0 Å². The van der Waals surface area contributed by atoms with Crippen LogP contribution in [-0.2, 0) is 11.2 Å². The molecule has 0 saturated carbocycles. The first-order chi connectivity index (χ1) is 8.66. The van der Waals surface area contributed by atoms with Gasteiger partial charge in [0.1, 0.15) is 11.3 Å². The molecule has 0 amide bonds. The van der Waals surface area contributed by atoms with Gasteiger partial charge in [0.25, 0.3) is 0 Å². The van der Waals surface area contributed by atoms with Gasteiger partial charge >= 0.3 is 5.97 Å². The SMILES string of the molecule is COc1cccc(CC2(C(=O)O)CCCCN2)c1. The molecule has 4 nitrogen and oxygen atoms in total. The van der Waals surface area contributed by atoms with Crippen LogP contribution in [-0.4, -0.2) is 30.3 Å². The van der Waals surface area contributed by atoms with E-state index >= 15 is 0 Å². The highest BCUT2D eigenvalue weighted by atomic mass is 16.5. The van der Waals surface area contributed by atoms with E-state index in [0.29, 0.717) is 12.8 Å². The van der Waals surface area contributed by atoms with Crippen molar-refractivity contribution in [1.82, 2.24) is 5.32 Å². The predicted octanol–water partition coefficient (Wildman–Crippen LogP) is 1.83. The van der Waals surface area contributed by atoms with Crippen molar-refractivity contribution in [2.75, 3.05) is 13.7 Å². The van der Waals surface area contributed by atoms with Gasteiger partial charge in [-0.1, -0.05) is 12.1 Å². The number of carboxylic acid groups (broad SMARTS) is 1. The third-order valence-electron chi connectivity index (χ3n) is 3.54. The number of ether oxygens (including phenoxy) is 1. The van der Waals surface area contributed by atoms with E-state index < -0.39 is 11.5 Å². The summed E-state index contributed by atoms with van der Waals surface area (Å²) in [5.74, 6) is 0.00821. The van der Waals surface area contributed by atoms with Crippen molar-refractivity contribution in [2.24, 2.45) is 0 Å². The summed E-state index contributed by atoms with van der Waals surface area (Å²) in [5.41, 5.74) is 0.177. The number of methoxy groups -OCH3 is 1. The highest BCUT2D eigenvalue weighted by molar-refractivity contribution is 5.79. The molecule has 1 heterocycles. The number of hydrogen-bond donors (Lipinski definition) is 2. The van der Waals surface area contributed by atoms with E-state index in [9.17, 15) is 9.90 Å². The molecule has 1 saturated heterocycles. The number of carbonyl (C=O) groups is 1. The van der Waals surface area contributed by atoms with Crippen LogP contribution in [0.1, 0.15) is 24.8 Å². The van der Waals surface area contributed by atoms with E-state index in [1.54, 1.807) is 7.11 Å². The number of carboxylic acids is 1. The molecule has 1 aliphatic heterocycles. The van der Waals surface area contributed by atoms with Gasteiger partial charge in [0.05, 0.1) is 7.11 Å². The summed E-state index contributed by atoms with van der Waals surface area (Å²) < 4.78 is 5.17. The summed E-state index contributed by atoms with van der Waals surface area (Å²) in [6, 6.07) is 7.61. The average molecular weight is 249 g/mol. The van der Waals surface area contributed by atoms with Crippen molar-refractivity contribution in [3.8, 4) is 5.75 Å². The predicted molar refractivity (Wildman–Crippen MR) is 68.9 cm³/mol. The average Bonchev–Trinajstić information content (AvgIpc) is 2.40. The fraction of sp³-hybridized carbons (Fsp3) is 0.500. The molecule has 1 aromatic carbocycles. The lowest BCUT2D eigenvalue weighted by atomic mass is 9.83. The van der Waals surface area contributed by atoms with Crippen LogP contribution in [0.4, 0.5) is 0 Å². The normalized spacial score (nSPS) is 23.6. The Kier molecular flexibility index (Phi) is 3.87. The molecule has 0 spiro atoms. The van der Waals surface area contributed by atoms with Crippen molar-refractivity contribution in [3.05, 3.63) is 29.8 Å². The zero-order valence-electron chi connectivity index (χ0n) is 10.6. The lowest BCUT2D eigenvalue weighted by Crippen LogP contribution is -2.56. The Balaban J connectivity index is 2.20. The third kappa shape index (κ3) is 2.64. The molecule has 1 aromatic rings. The number of rotatable bonds is 4. The van der Waals surface area contributed by atoms with Crippen LogP contribution >= 0.6 is 0 Å². The molecule has 2 N–H and O–H groups in total. The summed E-state index contributed by atoms with van der Waals surface area (Å²) in [5, 5.41) is 12.7. The Bertz CT molecular complexity index is 425. The van der Waals surface area contributed by atoms with Gasteiger partial charge in [-0.3, -0.25) is 4.79 Å². The second kappa shape index (κ2) is 5.40. The first kappa shape index (κ1) is 12.9. The van der Waals surface area contributed by atoms with Crippen LogP contribution in [0, 0.1) is 0 Å². The van der Waals surface area contributed by atoms with E-state index in [4.69, 9.17) is 4.74 Å². The molecule has 18 heavy (non-hydrogen) atoms. The zero-order chi connectivity index (χ0) is 13.0. The number of hydrogen-bond acceptors (Lipinski definition) is 3. The molecule has 0 radical (unpaired) electrons. The number of nitrogens with one attached hydrogen (secondary N) is 1. The number of benzene rings is 1. The minimum atomic E-state index is -0.815. The van der Waals surface area contributed by atoms with Crippen molar-refractivity contribution in [3.63, 3.8) is 0 Å². The second-order valence-electron chi connectivity index (χ2n) is 4.80. The van der Waals surface area contributed by atoms with Gasteiger partial charge in [0.2, 0.25) is 0 Å². The Morgan fingerprint density at radius 3 is 2.94 bits per heavy atom. The van der Waals surface area contributed by atoms with Gasteiger partial charge < -0.3 is 15.2 Å². The van der Waals surface area contributed by atoms with E-state index in [1.165, 1.54) is 0 Å². The van der Waals surface area contributed by atoms with Crippen molar-refractivity contribution in [1.29, 1.82) is 0 Å². The van der Waals surface area contributed by atoms with Crippen molar-refractivity contribution < 1.29 is 14.6 Å². The lowest BCUT2D eigenvalue weighted by molar-refractivity contribution is -0.146. The van der Waals surface area contributed by atoms with E-state index in [-0.39, 0.29) is 0 Å². The first-order valence-corrected chi connectivity index (χ1v) is 6.28. The van der Waals surface area contributed by atoms with Gasteiger partial charge in [-0.25, -0.2) is 0 Å². The lowest BCUT2D eigenvalue weighted by Gasteiger charge is -2.34. The Hall–Kier alpha value is -1.55. The molecule has 0 aliphatic carbocycles. The zero-order valence-corrected chi connectivity index (χ0v) is 10.6. The van der Waals surface area contributed by atoms with Crippen LogP contribution in [0.15, 0.2) is 24.3 Å². The van der Waals surface area contributed by atoms with Crippen LogP contribution in [0.25, 0.3) is 0 Å². The fourth-order valence-corrected chi connectivity index (χ4v) is 2.51. The van der Waals surface area contributed by atoms with Gasteiger partial charge in [0, 0.05) is 6.42 Å². The van der Waals surface area contributed by atoms with Crippen LogP contribution in [0.3, 0.4) is 0 Å². The molecule has 0 aromatic heterocycles. The Labute approximate surface area is 107 Å². The molecule has 0 bridgehead atoms. The standard InChI is InChI=1S/C14H19NO3/c1-18-12-6-4-5-11(9-12)10-14(13(16)17)7-2-3-8-15-14/h4-6,9,15H,2-3,7-8,10H2,1H3,(H,16,17). The minimum Gasteiger partial charge on any atom is -0.497 e. The van der Waals surface area contributed by atoms with Crippen molar-refractivity contribution in [2.45, 2.75) is 31.2 Å². The van der Waals surface area contributed by atoms with Gasteiger partial charge in [0.15, 0.2) is 0 Å². The summed E-state index contributed by atoms with van der Waals surface area (Å²) >= 11 is 0. The van der Waals surface area contributed by atoms with E-state index in [2.05, 4.69) is 5.32 Å². The summed E-state index contributed by atoms with van der Waals surface area (Å²) in [6.07, 6.45) is 3.19. The molecule has 1 unspecified atom stereocenters. The summed E-state index contributed by atoms with van der Waals surface area (Å²) in [6.45, 7) is 0.774. The monoisotopic (exact) mass is 249 g/mol. The van der Waals surface area contributed by atoms with Crippen molar-refractivity contribution >= 4 is 5.97 Å². The molecule has 1 atom stereocenters. The molecular formula is C14H19NO3. The maximum atomic E-state index is 11.5. The molecule has 1 fully saturated rings.